The number of nitrogen functional groups attached to an aromatic ring is 1. The van der Waals surface area contributed by atoms with Gasteiger partial charge in [-0.05, 0) is 24.3 Å². The van der Waals surface area contributed by atoms with Crippen molar-refractivity contribution in [3.8, 4) is 5.88 Å². The van der Waals surface area contributed by atoms with E-state index in [0.29, 0.717) is 17.4 Å². The Balaban J connectivity index is 2.21. The van der Waals surface area contributed by atoms with Crippen molar-refractivity contribution in [2.75, 3.05) is 18.2 Å². The second-order valence-corrected chi connectivity index (χ2v) is 3.89. The number of rotatable bonds is 3. The summed E-state index contributed by atoms with van der Waals surface area (Å²) in [7, 11) is 1.45. The second kappa shape index (κ2) is 5.24. The largest absolute Gasteiger partial charge is 0.480 e. The average Bonchev–Trinajstić information content (AvgIpc) is 2.41. The molecule has 3 N–H and O–H groups in total. The number of alkyl halides is 3. The van der Waals surface area contributed by atoms with Gasteiger partial charge in [0.1, 0.15) is 0 Å². The molecule has 0 aliphatic rings. The Labute approximate surface area is 112 Å². The van der Waals surface area contributed by atoms with Crippen LogP contribution in [0, 0.1) is 0 Å². The Kier molecular flexibility index (Phi) is 3.64. The summed E-state index contributed by atoms with van der Waals surface area (Å²) in [5, 5.41) is 10.3. The summed E-state index contributed by atoms with van der Waals surface area (Å²) in [5.41, 5.74) is 5.07. The molecule has 8 heteroatoms. The summed E-state index contributed by atoms with van der Waals surface area (Å²) in [6, 6.07) is 6.18. The van der Waals surface area contributed by atoms with Gasteiger partial charge in [-0.25, -0.2) is 0 Å². The maximum absolute atomic E-state index is 12.5. The summed E-state index contributed by atoms with van der Waals surface area (Å²) in [5.74, 6) is 0.674. The molecule has 0 amide bonds. The third-order valence-corrected chi connectivity index (χ3v) is 2.49. The monoisotopic (exact) mass is 284 g/mol. The molecular formula is C12H11F3N4O. The molecule has 0 atom stereocenters. The van der Waals surface area contributed by atoms with E-state index in [-0.39, 0.29) is 5.69 Å². The lowest BCUT2D eigenvalue weighted by Crippen LogP contribution is -2.07. The molecule has 2 aromatic rings. The van der Waals surface area contributed by atoms with Crippen LogP contribution in [-0.2, 0) is 6.18 Å². The first-order valence-electron chi connectivity index (χ1n) is 5.51. The number of nitrogens with one attached hydrogen (secondary N) is 1. The highest BCUT2D eigenvalue weighted by Gasteiger charge is 2.30. The van der Waals surface area contributed by atoms with E-state index in [2.05, 4.69) is 15.5 Å². The number of methoxy groups -OCH3 is 1. The van der Waals surface area contributed by atoms with E-state index in [0.717, 1.165) is 12.1 Å². The van der Waals surface area contributed by atoms with Crippen LogP contribution in [0.15, 0.2) is 30.3 Å². The van der Waals surface area contributed by atoms with E-state index in [1.807, 2.05) is 0 Å². The van der Waals surface area contributed by atoms with E-state index >= 15 is 0 Å². The van der Waals surface area contributed by atoms with E-state index < -0.39 is 11.7 Å². The lowest BCUT2D eigenvalue weighted by molar-refractivity contribution is -0.137. The SMILES string of the molecule is COc1ccc(Nc2ccc(C(F)(F)F)cc2N)nn1. The first-order valence-corrected chi connectivity index (χ1v) is 5.51. The molecule has 0 unspecified atom stereocenters. The van der Waals surface area contributed by atoms with Crippen molar-refractivity contribution < 1.29 is 17.9 Å². The van der Waals surface area contributed by atoms with Crippen molar-refractivity contribution >= 4 is 17.2 Å². The summed E-state index contributed by atoms with van der Waals surface area (Å²) in [6.07, 6.45) is -4.42. The molecule has 0 fully saturated rings. The normalized spacial score (nSPS) is 11.2. The van der Waals surface area contributed by atoms with Gasteiger partial charge in [0, 0.05) is 6.07 Å². The molecule has 1 aromatic carbocycles. The van der Waals surface area contributed by atoms with Crippen molar-refractivity contribution in [1.29, 1.82) is 0 Å². The van der Waals surface area contributed by atoms with Gasteiger partial charge in [0.25, 0.3) is 0 Å². The number of nitrogens with zero attached hydrogens (tertiary/aromatic N) is 2. The molecule has 1 aromatic heterocycles. The molecule has 0 aliphatic carbocycles. The minimum atomic E-state index is -4.42. The van der Waals surface area contributed by atoms with Crippen LogP contribution in [0.4, 0.5) is 30.4 Å². The number of halogens is 3. The predicted molar refractivity (Wildman–Crippen MR) is 67.7 cm³/mol. The van der Waals surface area contributed by atoms with Gasteiger partial charge in [-0.15, -0.1) is 10.2 Å². The molecule has 1 heterocycles. The zero-order valence-electron chi connectivity index (χ0n) is 10.4. The second-order valence-electron chi connectivity index (χ2n) is 3.89. The summed E-state index contributed by atoms with van der Waals surface area (Å²) in [6.45, 7) is 0. The Morgan fingerprint density at radius 1 is 1.15 bits per heavy atom. The number of hydrogen-bond donors (Lipinski definition) is 2. The fourth-order valence-corrected chi connectivity index (χ4v) is 1.49. The van der Waals surface area contributed by atoms with Crippen LogP contribution in [0.2, 0.25) is 0 Å². The van der Waals surface area contributed by atoms with E-state index in [1.54, 1.807) is 12.1 Å². The first-order chi connectivity index (χ1) is 9.40. The van der Waals surface area contributed by atoms with Crippen LogP contribution < -0.4 is 15.8 Å². The van der Waals surface area contributed by atoms with E-state index in [9.17, 15) is 13.2 Å². The number of aromatic nitrogens is 2. The van der Waals surface area contributed by atoms with Crippen LogP contribution in [0.25, 0.3) is 0 Å². The van der Waals surface area contributed by atoms with E-state index in [4.69, 9.17) is 10.5 Å². The van der Waals surface area contributed by atoms with Gasteiger partial charge in [0.2, 0.25) is 5.88 Å². The van der Waals surface area contributed by atoms with Gasteiger partial charge in [-0.1, -0.05) is 0 Å². The number of ether oxygens (including phenoxy) is 1. The van der Waals surface area contributed by atoms with Crippen molar-refractivity contribution in [3.05, 3.63) is 35.9 Å². The Hall–Kier alpha value is -2.51. The molecule has 20 heavy (non-hydrogen) atoms. The highest BCUT2D eigenvalue weighted by atomic mass is 19.4. The van der Waals surface area contributed by atoms with Crippen LogP contribution >= 0.6 is 0 Å². The van der Waals surface area contributed by atoms with Crippen molar-refractivity contribution in [2.45, 2.75) is 6.18 Å². The van der Waals surface area contributed by atoms with Crippen LogP contribution in [0.3, 0.4) is 0 Å². The molecule has 0 bridgehead atoms. The fourth-order valence-electron chi connectivity index (χ4n) is 1.49. The minimum absolute atomic E-state index is 0.0301. The first kappa shape index (κ1) is 13.9. The van der Waals surface area contributed by atoms with Gasteiger partial charge >= 0.3 is 6.18 Å². The molecule has 0 spiro atoms. The number of hydrogen-bond acceptors (Lipinski definition) is 5. The van der Waals surface area contributed by atoms with Gasteiger partial charge in [0.05, 0.1) is 24.0 Å². The quantitative estimate of drug-likeness (QED) is 0.848. The summed E-state index contributed by atoms with van der Waals surface area (Å²) in [4.78, 5) is 0. The van der Waals surface area contributed by atoms with Crippen LogP contribution in [0.1, 0.15) is 5.56 Å². The van der Waals surface area contributed by atoms with Crippen LogP contribution in [-0.4, -0.2) is 17.3 Å². The van der Waals surface area contributed by atoms with Crippen molar-refractivity contribution in [2.24, 2.45) is 0 Å². The fraction of sp³-hybridized carbons (Fsp3) is 0.167. The van der Waals surface area contributed by atoms with Gasteiger partial charge in [-0.3, -0.25) is 0 Å². The highest BCUT2D eigenvalue weighted by Crippen LogP contribution is 2.33. The molecule has 5 nitrogen and oxygen atoms in total. The van der Waals surface area contributed by atoms with Crippen LogP contribution in [0.5, 0.6) is 5.88 Å². The van der Waals surface area contributed by atoms with E-state index in [1.165, 1.54) is 13.2 Å². The predicted octanol–water partition coefficient (Wildman–Crippen LogP) is 2.83. The molecule has 106 valence electrons. The number of nitrogens with two attached hydrogens (primary N) is 1. The molecule has 0 aliphatic heterocycles. The molecule has 2 rings (SSSR count). The maximum Gasteiger partial charge on any atom is 0.416 e. The molecule has 0 radical (unpaired) electrons. The zero-order chi connectivity index (χ0) is 14.8. The van der Waals surface area contributed by atoms with Gasteiger partial charge in [0.15, 0.2) is 5.82 Å². The zero-order valence-corrected chi connectivity index (χ0v) is 10.4. The Bertz CT molecular complexity index is 599. The maximum atomic E-state index is 12.5. The van der Waals surface area contributed by atoms with Crippen molar-refractivity contribution in [1.82, 2.24) is 10.2 Å². The topological polar surface area (TPSA) is 73.1 Å². The highest BCUT2D eigenvalue weighted by molar-refractivity contribution is 5.71. The Morgan fingerprint density at radius 3 is 2.40 bits per heavy atom. The number of benzene rings is 1. The van der Waals surface area contributed by atoms with Crippen molar-refractivity contribution in [3.63, 3.8) is 0 Å². The van der Waals surface area contributed by atoms with Gasteiger partial charge < -0.3 is 15.8 Å². The third-order valence-electron chi connectivity index (χ3n) is 2.49. The minimum Gasteiger partial charge on any atom is -0.480 e. The smallest absolute Gasteiger partial charge is 0.416 e. The average molecular weight is 284 g/mol. The lowest BCUT2D eigenvalue weighted by atomic mass is 10.1. The third kappa shape index (κ3) is 3.08. The lowest BCUT2D eigenvalue weighted by Gasteiger charge is -2.12. The molecule has 0 saturated heterocycles. The number of anilines is 3. The standard InChI is InChI=1S/C12H11F3N4O/c1-20-11-5-4-10(18-19-11)17-9-3-2-7(6-8(9)16)12(13,14)15/h2-6H,16H2,1H3,(H,17,18). The summed E-state index contributed by atoms with van der Waals surface area (Å²) < 4.78 is 42.3. The van der Waals surface area contributed by atoms with Gasteiger partial charge in [-0.2, -0.15) is 13.2 Å². The molecule has 0 saturated carbocycles. The molecular weight excluding hydrogens is 273 g/mol. The summed E-state index contributed by atoms with van der Waals surface area (Å²) >= 11 is 0. The Morgan fingerprint density at radius 2 is 1.90 bits per heavy atom.